The molecule has 1 amide bonds. The minimum atomic E-state index is -0.537. The highest BCUT2D eigenvalue weighted by Crippen LogP contribution is 2.11. The van der Waals surface area contributed by atoms with E-state index in [-0.39, 0.29) is 0 Å². The number of hydrogen-bond donors (Lipinski definition) is 1. The van der Waals surface area contributed by atoms with Gasteiger partial charge < -0.3 is 15.2 Å². The first-order valence-electron chi connectivity index (χ1n) is 3.38. The molecule has 0 aromatic rings. The number of carbonyl (C=O) groups excluding carboxylic acids is 1. The van der Waals surface area contributed by atoms with Crippen LogP contribution in [0.2, 0.25) is 0 Å². The van der Waals surface area contributed by atoms with Crippen LogP contribution >= 0.6 is 0 Å². The lowest BCUT2D eigenvalue weighted by Crippen LogP contribution is -2.36. The summed E-state index contributed by atoms with van der Waals surface area (Å²) in [5, 5.41) is 0. The van der Waals surface area contributed by atoms with E-state index in [9.17, 15) is 4.79 Å². The van der Waals surface area contributed by atoms with Gasteiger partial charge in [0.05, 0.1) is 0 Å². The summed E-state index contributed by atoms with van der Waals surface area (Å²) < 4.78 is 9.97. The van der Waals surface area contributed by atoms with Gasteiger partial charge >= 0.3 is 0 Å². The van der Waals surface area contributed by atoms with Gasteiger partial charge in [0.25, 0.3) is 0 Å². The van der Waals surface area contributed by atoms with E-state index in [4.69, 9.17) is 15.2 Å². The van der Waals surface area contributed by atoms with Crippen LogP contribution in [0.5, 0.6) is 0 Å². The van der Waals surface area contributed by atoms with Gasteiger partial charge in [0, 0.05) is 13.5 Å². The van der Waals surface area contributed by atoms with Crippen LogP contribution in [0.25, 0.3) is 0 Å². The van der Waals surface area contributed by atoms with E-state index < -0.39 is 18.3 Å². The van der Waals surface area contributed by atoms with E-state index in [1.807, 2.05) is 6.08 Å². The summed E-state index contributed by atoms with van der Waals surface area (Å²) in [5.41, 5.74) is 5.03. The first kappa shape index (κ1) is 8.23. The second-order valence-corrected chi connectivity index (χ2v) is 2.30. The van der Waals surface area contributed by atoms with Crippen molar-refractivity contribution in [1.29, 1.82) is 0 Å². The summed E-state index contributed by atoms with van der Waals surface area (Å²) >= 11 is 0. The highest BCUT2D eigenvalue weighted by molar-refractivity contribution is 5.79. The van der Waals surface area contributed by atoms with Crippen molar-refractivity contribution in [2.75, 3.05) is 7.11 Å². The Balaban J connectivity index is 2.51. The normalized spacial score (nSPS) is 30.3. The van der Waals surface area contributed by atoms with Crippen molar-refractivity contribution < 1.29 is 14.3 Å². The Morgan fingerprint density at radius 3 is 3.09 bits per heavy atom. The molecule has 0 saturated heterocycles. The third-order valence-corrected chi connectivity index (χ3v) is 1.49. The second-order valence-electron chi connectivity index (χ2n) is 2.30. The first-order valence-corrected chi connectivity index (χ1v) is 3.38. The fourth-order valence-corrected chi connectivity index (χ4v) is 0.893. The molecule has 2 N–H and O–H groups in total. The minimum Gasteiger partial charge on any atom is -0.367 e. The third-order valence-electron chi connectivity index (χ3n) is 1.49. The molecule has 1 aliphatic heterocycles. The van der Waals surface area contributed by atoms with Crippen molar-refractivity contribution in [1.82, 2.24) is 0 Å². The topological polar surface area (TPSA) is 61.5 Å². The maximum atomic E-state index is 10.6. The molecular formula is C7H11NO3. The van der Waals surface area contributed by atoms with Crippen LogP contribution in [0.15, 0.2) is 12.2 Å². The molecule has 62 valence electrons. The predicted octanol–water partition coefficient (Wildman–Crippen LogP) is -0.211. The van der Waals surface area contributed by atoms with Crippen molar-refractivity contribution in [3.63, 3.8) is 0 Å². The maximum absolute atomic E-state index is 10.6. The average molecular weight is 157 g/mol. The van der Waals surface area contributed by atoms with E-state index in [0.29, 0.717) is 6.42 Å². The second kappa shape index (κ2) is 3.50. The molecule has 1 heterocycles. The van der Waals surface area contributed by atoms with Gasteiger partial charge in [-0.1, -0.05) is 6.08 Å². The van der Waals surface area contributed by atoms with Crippen molar-refractivity contribution >= 4 is 5.91 Å². The number of carbonyl (C=O) groups is 1. The van der Waals surface area contributed by atoms with Crippen LogP contribution < -0.4 is 5.73 Å². The van der Waals surface area contributed by atoms with Crippen LogP contribution in [0.4, 0.5) is 0 Å². The third kappa shape index (κ3) is 2.03. The Morgan fingerprint density at radius 1 is 1.82 bits per heavy atom. The first-order chi connectivity index (χ1) is 5.24. The average Bonchev–Trinajstić information content (AvgIpc) is 2.05. The summed E-state index contributed by atoms with van der Waals surface area (Å²) in [6.07, 6.45) is 3.15. The zero-order valence-corrected chi connectivity index (χ0v) is 6.32. The Labute approximate surface area is 65.0 Å². The molecule has 0 bridgehead atoms. The zero-order chi connectivity index (χ0) is 8.27. The lowest BCUT2D eigenvalue weighted by atomic mass is 10.2. The molecule has 4 heteroatoms. The Bertz CT molecular complexity index is 179. The Kier molecular flexibility index (Phi) is 2.62. The van der Waals surface area contributed by atoms with E-state index in [0.717, 1.165) is 0 Å². The highest BCUT2D eigenvalue weighted by atomic mass is 16.7. The van der Waals surface area contributed by atoms with Gasteiger partial charge in [-0.05, 0) is 6.08 Å². The quantitative estimate of drug-likeness (QED) is 0.564. The van der Waals surface area contributed by atoms with E-state index in [2.05, 4.69) is 0 Å². The molecule has 0 unspecified atom stereocenters. The fraction of sp³-hybridized carbons (Fsp3) is 0.571. The summed E-state index contributed by atoms with van der Waals surface area (Å²) in [7, 11) is 1.51. The summed E-state index contributed by atoms with van der Waals surface area (Å²) in [6, 6.07) is 0. The van der Waals surface area contributed by atoms with Crippen molar-refractivity contribution in [2.24, 2.45) is 5.73 Å². The van der Waals surface area contributed by atoms with Gasteiger partial charge in [-0.3, -0.25) is 4.79 Å². The standard InChI is InChI=1S/C7H11NO3/c1-10-6-4-2-3-5(11-6)7(8)9/h2,4-6H,3H2,1H3,(H2,8,9)/t5-,6+/m0/s1. The van der Waals surface area contributed by atoms with Crippen LogP contribution in [0.3, 0.4) is 0 Å². The lowest BCUT2D eigenvalue weighted by Gasteiger charge is -2.22. The molecule has 0 aliphatic carbocycles. The molecule has 0 spiro atoms. The SMILES string of the molecule is CO[C@H]1C=CC[C@@H](C(N)=O)O1. The van der Waals surface area contributed by atoms with E-state index in [1.165, 1.54) is 7.11 Å². The lowest BCUT2D eigenvalue weighted by molar-refractivity contribution is -0.155. The van der Waals surface area contributed by atoms with Crippen LogP contribution in [0.1, 0.15) is 6.42 Å². The number of amides is 1. The van der Waals surface area contributed by atoms with Gasteiger partial charge in [-0.15, -0.1) is 0 Å². The highest BCUT2D eigenvalue weighted by Gasteiger charge is 2.21. The molecule has 0 radical (unpaired) electrons. The zero-order valence-electron chi connectivity index (χ0n) is 6.32. The van der Waals surface area contributed by atoms with Gasteiger partial charge in [0.2, 0.25) is 5.91 Å². The van der Waals surface area contributed by atoms with Gasteiger partial charge in [-0.2, -0.15) is 0 Å². The predicted molar refractivity (Wildman–Crippen MR) is 38.6 cm³/mol. The van der Waals surface area contributed by atoms with Gasteiger partial charge in [-0.25, -0.2) is 0 Å². The molecule has 0 aromatic heterocycles. The van der Waals surface area contributed by atoms with Crippen molar-refractivity contribution in [2.45, 2.75) is 18.8 Å². The van der Waals surface area contributed by atoms with E-state index in [1.54, 1.807) is 6.08 Å². The number of methoxy groups -OCH3 is 1. The Morgan fingerprint density at radius 2 is 2.55 bits per heavy atom. The molecule has 11 heavy (non-hydrogen) atoms. The monoisotopic (exact) mass is 157 g/mol. The number of primary amides is 1. The summed E-state index contributed by atoms with van der Waals surface area (Å²) in [6.45, 7) is 0. The minimum absolute atomic E-state index is 0.429. The summed E-state index contributed by atoms with van der Waals surface area (Å²) in [5.74, 6) is -0.448. The van der Waals surface area contributed by atoms with E-state index >= 15 is 0 Å². The van der Waals surface area contributed by atoms with Crippen molar-refractivity contribution in [3.8, 4) is 0 Å². The molecule has 0 fully saturated rings. The Hall–Kier alpha value is -0.870. The van der Waals surface area contributed by atoms with Crippen molar-refractivity contribution in [3.05, 3.63) is 12.2 Å². The van der Waals surface area contributed by atoms with Gasteiger partial charge in [0.1, 0.15) is 6.10 Å². The molecule has 0 saturated carbocycles. The number of nitrogens with two attached hydrogens (primary N) is 1. The molecule has 1 aliphatic rings. The number of hydrogen-bond acceptors (Lipinski definition) is 3. The van der Waals surface area contributed by atoms with Crippen LogP contribution in [0, 0.1) is 0 Å². The molecule has 2 atom stereocenters. The fourth-order valence-electron chi connectivity index (χ4n) is 0.893. The molecule has 0 aromatic carbocycles. The maximum Gasteiger partial charge on any atom is 0.247 e. The van der Waals surface area contributed by atoms with Gasteiger partial charge in [0.15, 0.2) is 6.29 Å². The van der Waals surface area contributed by atoms with Crippen LogP contribution in [-0.4, -0.2) is 25.4 Å². The largest absolute Gasteiger partial charge is 0.367 e. The molecular weight excluding hydrogens is 146 g/mol. The number of ether oxygens (including phenoxy) is 2. The summed E-state index contributed by atoms with van der Waals surface area (Å²) in [4.78, 5) is 10.6. The molecule has 4 nitrogen and oxygen atoms in total. The number of rotatable bonds is 2. The smallest absolute Gasteiger partial charge is 0.247 e. The van der Waals surface area contributed by atoms with Crippen LogP contribution in [-0.2, 0) is 14.3 Å². The molecule has 1 rings (SSSR count).